The van der Waals surface area contributed by atoms with Crippen molar-refractivity contribution in [2.24, 2.45) is 0 Å². The highest BCUT2D eigenvalue weighted by atomic mass is 35.5. The number of rotatable bonds is 3. The fourth-order valence-electron chi connectivity index (χ4n) is 2.35. The van der Waals surface area contributed by atoms with Gasteiger partial charge in [0.1, 0.15) is 5.15 Å². The normalized spacial score (nSPS) is 10.9. The number of aromatic nitrogens is 3. The van der Waals surface area contributed by atoms with Crippen molar-refractivity contribution in [1.82, 2.24) is 15.1 Å². The van der Waals surface area contributed by atoms with Gasteiger partial charge in [-0.3, -0.25) is 10.1 Å². The fraction of sp³-hybridized carbons (Fsp3) is 0.133. The van der Waals surface area contributed by atoms with E-state index in [0.717, 1.165) is 12.1 Å². The van der Waals surface area contributed by atoms with Gasteiger partial charge in [0.2, 0.25) is 11.6 Å². The molecule has 0 fully saturated rings. The van der Waals surface area contributed by atoms with Gasteiger partial charge in [0.25, 0.3) is 5.89 Å². The van der Waals surface area contributed by atoms with Crippen molar-refractivity contribution in [2.75, 3.05) is 0 Å². The van der Waals surface area contributed by atoms with Gasteiger partial charge in [0.15, 0.2) is 5.75 Å². The second-order valence-corrected chi connectivity index (χ2v) is 6.08. The Labute approximate surface area is 156 Å². The Bertz CT molecular complexity index is 1050. The summed E-state index contributed by atoms with van der Waals surface area (Å²) < 4.78 is 5.17. The maximum absolute atomic E-state index is 11.0. The number of pyridine rings is 1. The second kappa shape index (κ2) is 6.43. The van der Waals surface area contributed by atoms with Gasteiger partial charge in [0, 0.05) is 11.6 Å². The van der Waals surface area contributed by atoms with Crippen LogP contribution < -0.4 is 0 Å². The van der Waals surface area contributed by atoms with E-state index >= 15 is 0 Å². The Hall–Kier alpha value is -2.91. The van der Waals surface area contributed by atoms with Crippen molar-refractivity contribution >= 4 is 28.9 Å². The summed E-state index contributed by atoms with van der Waals surface area (Å²) in [6.07, 6.45) is 0. The van der Waals surface area contributed by atoms with Crippen LogP contribution in [0.1, 0.15) is 11.3 Å². The molecule has 11 heteroatoms. The van der Waals surface area contributed by atoms with E-state index in [9.17, 15) is 20.3 Å². The van der Waals surface area contributed by atoms with Crippen LogP contribution in [0.3, 0.4) is 0 Å². The van der Waals surface area contributed by atoms with Crippen LogP contribution in [-0.2, 0) is 0 Å². The number of aryl methyl sites for hydroxylation is 1. The Kier molecular flexibility index (Phi) is 4.43. The summed E-state index contributed by atoms with van der Waals surface area (Å²) in [5, 5.41) is 34.4. The van der Waals surface area contributed by atoms with Crippen LogP contribution >= 0.6 is 23.2 Å². The maximum atomic E-state index is 11.0. The molecule has 0 spiro atoms. The van der Waals surface area contributed by atoms with Crippen LogP contribution in [-0.4, -0.2) is 30.3 Å². The number of benzene rings is 1. The number of phenols is 2. The molecule has 2 heterocycles. The first kappa shape index (κ1) is 17.9. The van der Waals surface area contributed by atoms with E-state index in [2.05, 4.69) is 15.1 Å². The minimum Gasteiger partial charge on any atom is -0.504 e. The van der Waals surface area contributed by atoms with E-state index < -0.39 is 22.1 Å². The van der Waals surface area contributed by atoms with E-state index in [0.29, 0.717) is 21.8 Å². The minimum atomic E-state index is -0.851. The quantitative estimate of drug-likeness (QED) is 0.293. The zero-order valence-corrected chi connectivity index (χ0v) is 14.8. The van der Waals surface area contributed by atoms with Crippen LogP contribution in [0.15, 0.2) is 16.7 Å². The minimum absolute atomic E-state index is 0.00659. The molecule has 2 N–H and O–H groups in total. The molecule has 26 heavy (non-hydrogen) atoms. The summed E-state index contributed by atoms with van der Waals surface area (Å²) in [5.41, 5.74) is 0.830. The molecule has 0 saturated carbocycles. The molecular formula is C15H10Cl2N4O5. The number of nitrogens with zero attached hydrogens (tertiary/aromatic N) is 4. The Morgan fingerprint density at radius 3 is 2.54 bits per heavy atom. The molecule has 0 bridgehead atoms. The lowest BCUT2D eigenvalue weighted by atomic mass is 10.1. The summed E-state index contributed by atoms with van der Waals surface area (Å²) in [7, 11) is 0. The van der Waals surface area contributed by atoms with Gasteiger partial charge in [-0.15, -0.1) is 0 Å². The van der Waals surface area contributed by atoms with Crippen LogP contribution in [0.2, 0.25) is 10.2 Å². The first-order chi connectivity index (χ1) is 12.2. The average molecular weight is 397 g/mol. The molecule has 9 nitrogen and oxygen atoms in total. The molecule has 134 valence electrons. The number of halogens is 2. The van der Waals surface area contributed by atoms with Crippen LogP contribution in [0.25, 0.3) is 22.8 Å². The number of nitro benzene ring substituents is 1. The van der Waals surface area contributed by atoms with Gasteiger partial charge < -0.3 is 14.7 Å². The van der Waals surface area contributed by atoms with Gasteiger partial charge in [-0.05, 0) is 25.5 Å². The fourth-order valence-corrected chi connectivity index (χ4v) is 2.84. The van der Waals surface area contributed by atoms with Crippen molar-refractivity contribution in [3.05, 3.63) is 43.7 Å². The van der Waals surface area contributed by atoms with E-state index in [-0.39, 0.29) is 22.4 Å². The highest BCUT2D eigenvalue weighted by molar-refractivity contribution is 6.35. The van der Waals surface area contributed by atoms with Gasteiger partial charge in [-0.2, -0.15) is 4.98 Å². The first-order valence-corrected chi connectivity index (χ1v) is 7.83. The van der Waals surface area contributed by atoms with Gasteiger partial charge in [-0.25, -0.2) is 4.98 Å². The monoisotopic (exact) mass is 396 g/mol. The number of nitro groups is 1. The maximum Gasteiger partial charge on any atom is 0.315 e. The molecule has 3 aromatic rings. The van der Waals surface area contributed by atoms with Crippen molar-refractivity contribution in [1.29, 1.82) is 0 Å². The van der Waals surface area contributed by atoms with Gasteiger partial charge in [0.05, 0.1) is 21.2 Å². The zero-order valence-electron chi connectivity index (χ0n) is 13.3. The lowest BCUT2D eigenvalue weighted by molar-refractivity contribution is -0.385. The van der Waals surface area contributed by atoms with Crippen molar-refractivity contribution in [2.45, 2.75) is 13.8 Å². The third kappa shape index (κ3) is 2.91. The third-order valence-electron chi connectivity index (χ3n) is 3.66. The van der Waals surface area contributed by atoms with Crippen LogP contribution in [0, 0.1) is 24.0 Å². The average Bonchev–Trinajstić information content (AvgIpc) is 3.04. The van der Waals surface area contributed by atoms with Crippen molar-refractivity contribution < 1.29 is 19.7 Å². The smallest absolute Gasteiger partial charge is 0.315 e. The molecule has 0 unspecified atom stereocenters. The largest absolute Gasteiger partial charge is 0.504 e. The third-order valence-corrected chi connectivity index (χ3v) is 4.49. The Morgan fingerprint density at radius 2 is 1.88 bits per heavy atom. The first-order valence-electron chi connectivity index (χ1n) is 7.07. The van der Waals surface area contributed by atoms with Crippen LogP contribution in [0.5, 0.6) is 11.5 Å². The highest BCUT2D eigenvalue weighted by Gasteiger charge is 2.24. The predicted molar refractivity (Wildman–Crippen MR) is 92.4 cm³/mol. The van der Waals surface area contributed by atoms with E-state index in [1.165, 1.54) is 0 Å². The Morgan fingerprint density at radius 1 is 1.19 bits per heavy atom. The van der Waals surface area contributed by atoms with Crippen molar-refractivity contribution in [3.63, 3.8) is 0 Å². The summed E-state index contributed by atoms with van der Waals surface area (Å²) in [5.74, 6) is -1.58. The molecule has 0 atom stereocenters. The van der Waals surface area contributed by atoms with Gasteiger partial charge in [-0.1, -0.05) is 28.4 Å². The Balaban J connectivity index is 2.13. The topological polar surface area (TPSA) is 135 Å². The molecule has 0 amide bonds. The molecule has 3 rings (SSSR count). The van der Waals surface area contributed by atoms with Crippen LogP contribution in [0.4, 0.5) is 5.69 Å². The molecule has 0 radical (unpaired) electrons. The molecule has 0 aliphatic carbocycles. The predicted octanol–water partition coefficient (Wildman–Crippen LogP) is 4.04. The molecule has 0 aliphatic rings. The van der Waals surface area contributed by atoms with Crippen molar-refractivity contribution in [3.8, 4) is 34.3 Å². The lowest BCUT2D eigenvalue weighted by Gasteiger charge is -2.07. The lowest BCUT2D eigenvalue weighted by Crippen LogP contribution is -1.94. The highest BCUT2D eigenvalue weighted by Crippen LogP contribution is 2.40. The SMILES string of the molecule is Cc1nc(Cl)c(-c2nc(-c3cc(O)c(O)c([N+](=O)[O-])c3)no2)c(C)c1Cl. The summed E-state index contributed by atoms with van der Waals surface area (Å²) in [4.78, 5) is 18.4. The summed E-state index contributed by atoms with van der Waals surface area (Å²) in [6.45, 7) is 3.40. The van der Waals surface area contributed by atoms with E-state index in [4.69, 9.17) is 27.7 Å². The number of hydrogen-bond donors (Lipinski definition) is 2. The number of phenolic OH excluding ortho intramolecular Hbond substituents is 2. The molecular weight excluding hydrogens is 387 g/mol. The summed E-state index contributed by atoms with van der Waals surface area (Å²) >= 11 is 12.3. The zero-order chi connectivity index (χ0) is 19.2. The second-order valence-electron chi connectivity index (χ2n) is 5.35. The van der Waals surface area contributed by atoms with E-state index in [1.807, 2.05) is 0 Å². The standard InChI is InChI=1S/C15H10Cl2N4O5/c1-5-10(13(17)18-6(2)11(5)16)15-19-14(20-26-15)7-3-8(21(24)25)12(23)9(22)4-7/h3-4,22-23H,1-2H3. The van der Waals surface area contributed by atoms with E-state index in [1.54, 1.807) is 13.8 Å². The summed E-state index contributed by atoms with van der Waals surface area (Å²) in [6, 6.07) is 2.09. The molecule has 1 aromatic carbocycles. The molecule has 2 aromatic heterocycles. The molecule has 0 aliphatic heterocycles. The molecule has 0 saturated heterocycles. The number of hydrogen-bond acceptors (Lipinski definition) is 8. The van der Waals surface area contributed by atoms with Gasteiger partial charge >= 0.3 is 5.69 Å². The number of aromatic hydroxyl groups is 2.